The molecule has 0 radical (unpaired) electrons. The lowest BCUT2D eigenvalue weighted by atomic mass is 10.1. The predicted molar refractivity (Wildman–Crippen MR) is 99.1 cm³/mol. The van der Waals surface area contributed by atoms with Crippen LogP contribution in [0.2, 0.25) is 0 Å². The van der Waals surface area contributed by atoms with E-state index in [1.165, 1.54) is 12.1 Å². The molecule has 28 heavy (non-hydrogen) atoms. The van der Waals surface area contributed by atoms with E-state index >= 15 is 0 Å². The van der Waals surface area contributed by atoms with Crippen molar-refractivity contribution in [3.8, 4) is 5.75 Å². The highest BCUT2D eigenvalue weighted by atomic mass is 19.3. The largest absolute Gasteiger partial charge is 0.434 e. The summed E-state index contributed by atoms with van der Waals surface area (Å²) in [5.41, 5.74) is 1.85. The van der Waals surface area contributed by atoms with Crippen molar-refractivity contribution in [3.63, 3.8) is 0 Å². The lowest BCUT2D eigenvalue weighted by molar-refractivity contribution is -0.0495. The second-order valence-electron chi connectivity index (χ2n) is 6.49. The number of aliphatic hydroxyl groups is 1. The minimum atomic E-state index is -2.96. The van der Waals surface area contributed by atoms with Crippen LogP contribution in [-0.2, 0) is 13.2 Å². The number of nitrogens with zero attached hydrogens (tertiary/aromatic N) is 3. The Hall–Kier alpha value is -2.76. The summed E-state index contributed by atoms with van der Waals surface area (Å²) in [6.07, 6.45) is 0. The smallest absolute Gasteiger partial charge is 0.387 e. The predicted octanol–water partition coefficient (Wildman–Crippen LogP) is 3.79. The highest BCUT2D eigenvalue weighted by molar-refractivity contribution is 5.65. The molecule has 0 amide bonds. The Balaban J connectivity index is 1.65. The molecule has 0 saturated carbocycles. The number of hydrogen-bond donors (Lipinski definition) is 1. The SMILES string of the molecule is [C-]#[N+]c1ccc(N2CCN(Cc3ccc(CO)c(F)c3)CC2)c(OC(F)F)c1. The number of rotatable bonds is 6. The number of halogens is 3. The second kappa shape index (κ2) is 8.95. The quantitative estimate of drug-likeness (QED) is 0.761. The fourth-order valence-electron chi connectivity index (χ4n) is 3.25. The lowest BCUT2D eigenvalue weighted by Crippen LogP contribution is -2.46. The molecule has 1 fully saturated rings. The van der Waals surface area contributed by atoms with Crippen molar-refractivity contribution in [3.05, 3.63) is 64.8 Å². The number of benzene rings is 2. The molecule has 1 heterocycles. The molecule has 1 aliphatic rings. The lowest BCUT2D eigenvalue weighted by Gasteiger charge is -2.36. The molecule has 0 spiro atoms. The van der Waals surface area contributed by atoms with E-state index in [2.05, 4.69) is 14.5 Å². The maximum atomic E-state index is 13.8. The first kappa shape index (κ1) is 20.0. The van der Waals surface area contributed by atoms with Crippen LogP contribution >= 0.6 is 0 Å². The summed E-state index contributed by atoms with van der Waals surface area (Å²) in [7, 11) is 0. The highest BCUT2D eigenvalue weighted by Gasteiger charge is 2.21. The minimum Gasteiger partial charge on any atom is -0.434 e. The molecule has 0 aromatic heterocycles. The van der Waals surface area contributed by atoms with Crippen LogP contribution in [0.3, 0.4) is 0 Å². The van der Waals surface area contributed by atoms with Gasteiger partial charge < -0.3 is 14.7 Å². The zero-order valence-corrected chi connectivity index (χ0v) is 15.1. The first-order valence-electron chi connectivity index (χ1n) is 8.82. The summed E-state index contributed by atoms with van der Waals surface area (Å²) in [5, 5.41) is 9.05. The number of ether oxygens (including phenoxy) is 1. The third-order valence-corrected chi connectivity index (χ3v) is 4.70. The average Bonchev–Trinajstić information content (AvgIpc) is 2.68. The van der Waals surface area contributed by atoms with Crippen molar-refractivity contribution < 1.29 is 23.0 Å². The Kier molecular flexibility index (Phi) is 6.39. The van der Waals surface area contributed by atoms with Crippen molar-refractivity contribution in [1.29, 1.82) is 0 Å². The van der Waals surface area contributed by atoms with Gasteiger partial charge in [0, 0.05) is 38.3 Å². The van der Waals surface area contributed by atoms with Crippen LogP contribution in [0.5, 0.6) is 5.75 Å². The van der Waals surface area contributed by atoms with Gasteiger partial charge >= 0.3 is 6.61 Å². The molecule has 2 aromatic rings. The number of alkyl halides is 2. The Labute approximate surface area is 161 Å². The summed E-state index contributed by atoms with van der Waals surface area (Å²) >= 11 is 0. The molecule has 148 valence electrons. The Morgan fingerprint density at radius 1 is 1.11 bits per heavy atom. The van der Waals surface area contributed by atoms with Gasteiger partial charge in [0.1, 0.15) is 11.6 Å². The molecule has 2 aromatic carbocycles. The van der Waals surface area contributed by atoms with E-state index in [9.17, 15) is 13.2 Å². The van der Waals surface area contributed by atoms with Crippen LogP contribution in [0.25, 0.3) is 4.85 Å². The molecular formula is C20H20F3N3O2. The van der Waals surface area contributed by atoms with Crippen molar-refractivity contribution in [2.75, 3.05) is 31.1 Å². The Morgan fingerprint density at radius 3 is 2.46 bits per heavy atom. The van der Waals surface area contributed by atoms with E-state index in [0.717, 1.165) is 5.56 Å². The van der Waals surface area contributed by atoms with E-state index < -0.39 is 12.4 Å². The van der Waals surface area contributed by atoms with E-state index in [1.807, 2.05) is 4.90 Å². The maximum Gasteiger partial charge on any atom is 0.387 e. The average molecular weight is 391 g/mol. The standard InChI is InChI=1S/C20H20F3N3O2/c1-24-16-4-5-18(19(11-16)28-20(22)23)26-8-6-25(7-9-26)12-14-2-3-15(13-27)17(21)10-14/h2-5,10-11,20,27H,6-9,12-13H2. The molecule has 5 nitrogen and oxygen atoms in total. The fourth-order valence-corrected chi connectivity index (χ4v) is 3.25. The van der Waals surface area contributed by atoms with Crippen LogP contribution in [0.1, 0.15) is 11.1 Å². The highest BCUT2D eigenvalue weighted by Crippen LogP contribution is 2.34. The second-order valence-corrected chi connectivity index (χ2v) is 6.49. The molecule has 3 rings (SSSR count). The molecular weight excluding hydrogens is 371 g/mol. The number of hydrogen-bond acceptors (Lipinski definition) is 4. The first-order valence-corrected chi connectivity index (χ1v) is 8.82. The van der Waals surface area contributed by atoms with Crippen molar-refractivity contribution >= 4 is 11.4 Å². The van der Waals surface area contributed by atoms with Gasteiger partial charge in [-0.05, 0) is 23.8 Å². The zero-order chi connectivity index (χ0) is 20.1. The van der Waals surface area contributed by atoms with Gasteiger partial charge in [-0.3, -0.25) is 4.90 Å². The van der Waals surface area contributed by atoms with Crippen LogP contribution < -0.4 is 9.64 Å². The van der Waals surface area contributed by atoms with E-state index in [1.54, 1.807) is 24.3 Å². The van der Waals surface area contributed by atoms with Crippen LogP contribution in [0.15, 0.2) is 36.4 Å². The van der Waals surface area contributed by atoms with Crippen LogP contribution in [0.4, 0.5) is 24.5 Å². The maximum absolute atomic E-state index is 13.8. The van der Waals surface area contributed by atoms with Gasteiger partial charge in [0.25, 0.3) is 0 Å². The van der Waals surface area contributed by atoms with Crippen LogP contribution in [0, 0.1) is 12.4 Å². The Morgan fingerprint density at radius 2 is 1.86 bits per heavy atom. The van der Waals surface area contributed by atoms with Crippen molar-refractivity contribution in [2.45, 2.75) is 19.8 Å². The molecule has 8 heteroatoms. The number of piperazine rings is 1. The third kappa shape index (κ3) is 4.74. The summed E-state index contributed by atoms with van der Waals surface area (Å²) in [6, 6.07) is 9.33. The molecule has 1 saturated heterocycles. The summed E-state index contributed by atoms with van der Waals surface area (Å²) < 4.78 is 43.9. The summed E-state index contributed by atoms with van der Waals surface area (Å²) in [5.74, 6) is -0.425. The van der Waals surface area contributed by atoms with Gasteiger partial charge in [-0.1, -0.05) is 18.2 Å². The fraction of sp³-hybridized carbons (Fsp3) is 0.350. The third-order valence-electron chi connectivity index (χ3n) is 4.70. The van der Waals surface area contributed by atoms with Gasteiger partial charge in [0.15, 0.2) is 5.69 Å². The van der Waals surface area contributed by atoms with Crippen LogP contribution in [-0.4, -0.2) is 42.8 Å². The topological polar surface area (TPSA) is 40.3 Å². The molecule has 0 bridgehead atoms. The molecule has 1 N–H and O–H groups in total. The van der Waals surface area contributed by atoms with Gasteiger partial charge in [-0.2, -0.15) is 8.78 Å². The monoisotopic (exact) mass is 391 g/mol. The number of anilines is 1. The Bertz CT molecular complexity index is 862. The van der Waals surface area contributed by atoms with Gasteiger partial charge in [0.2, 0.25) is 0 Å². The van der Waals surface area contributed by atoms with Gasteiger partial charge in [-0.25, -0.2) is 9.24 Å². The molecule has 1 aliphatic heterocycles. The normalized spacial score (nSPS) is 14.9. The van der Waals surface area contributed by atoms with Gasteiger partial charge in [-0.15, -0.1) is 0 Å². The van der Waals surface area contributed by atoms with E-state index in [-0.39, 0.29) is 23.6 Å². The van der Waals surface area contributed by atoms with Crippen molar-refractivity contribution in [2.24, 2.45) is 0 Å². The van der Waals surface area contributed by atoms with E-state index in [4.69, 9.17) is 11.7 Å². The van der Waals surface area contributed by atoms with Gasteiger partial charge in [0.05, 0.1) is 18.9 Å². The summed E-state index contributed by atoms with van der Waals surface area (Å²) in [6.45, 7) is 6.82. The first-order chi connectivity index (χ1) is 13.5. The molecule has 0 aliphatic carbocycles. The molecule has 0 atom stereocenters. The molecule has 0 unspecified atom stereocenters. The zero-order valence-electron chi connectivity index (χ0n) is 15.1. The minimum absolute atomic E-state index is 0.00128. The van der Waals surface area contributed by atoms with Crippen molar-refractivity contribution in [1.82, 2.24) is 4.90 Å². The number of aliphatic hydroxyl groups excluding tert-OH is 1. The summed E-state index contributed by atoms with van der Waals surface area (Å²) in [4.78, 5) is 7.34. The van der Waals surface area contributed by atoms with E-state index in [0.29, 0.717) is 38.4 Å².